The van der Waals surface area contributed by atoms with Gasteiger partial charge in [-0.05, 0) is 23.6 Å². The van der Waals surface area contributed by atoms with Gasteiger partial charge in [-0.15, -0.1) is 0 Å². The molecule has 2 amide bonds. The van der Waals surface area contributed by atoms with Crippen LogP contribution < -0.4 is 0 Å². The van der Waals surface area contributed by atoms with E-state index in [9.17, 15) is 22.8 Å². The van der Waals surface area contributed by atoms with E-state index in [0.29, 0.717) is 25.1 Å². The van der Waals surface area contributed by atoms with Gasteiger partial charge in [-0.2, -0.15) is 13.2 Å². The van der Waals surface area contributed by atoms with Crippen molar-refractivity contribution in [2.24, 2.45) is 5.92 Å². The monoisotopic (exact) mass is 396 g/mol. The molecule has 3 fully saturated rings. The van der Waals surface area contributed by atoms with Crippen molar-refractivity contribution in [1.29, 1.82) is 0 Å². The zero-order valence-electron chi connectivity index (χ0n) is 15.8. The number of benzene rings is 1. The fourth-order valence-corrected chi connectivity index (χ4v) is 4.76. The maximum atomic E-state index is 12.9. The van der Waals surface area contributed by atoms with Crippen molar-refractivity contribution in [2.75, 3.05) is 13.2 Å². The molecule has 0 bridgehead atoms. The number of carbonyl (C=O) groups is 2. The van der Waals surface area contributed by atoms with Crippen LogP contribution in [-0.4, -0.2) is 52.6 Å². The van der Waals surface area contributed by atoms with Crippen LogP contribution in [0.4, 0.5) is 13.2 Å². The largest absolute Gasteiger partial charge is 0.416 e. The number of ether oxygens (including phenoxy) is 1. The lowest BCUT2D eigenvalue weighted by atomic mass is 10.0. The molecular weight excluding hydrogens is 373 g/mol. The summed E-state index contributed by atoms with van der Waals surface area (Å²) in [6.07, 6.45) is -3.58. The van der Waals surface area contributed by atoms with Crippen molar-refractivity contribution < 1.29 is 27.5 Å². The predicted octanol–water partition coefficient (Wildman–Crippen LogP) is 2.83. The molecule has 0 unspecified atom stereocenters. The molecule has 1 aromatic carbocycles. The number of alkyl halides is 3. The fraction of sp³-hybridized carbons (Fsp3) is 0.600. The van der Waals surface area contributed by atoms with Gasteiger partial charge in [0.25, 0.3) is 0 Å². The molecule has 3 saturated heterocycles. The van der Waals surface area contributed by atoms with Gasteiger partial charge in [-0.1, -0.05) is 26.0 Å². The molecule has 0 N–H and O–H groups in total. The van der Waals surface area contributed by atoms with Crippen molar-refractivity contribution in [1.82, 2.24) is 9.80 Å². The first-order chi connectivity index (χ1) is 13.1. The summed E-state index contributed by atoms with van der Waals surface area (Å²) in [6, 6.07) is 4.33. The number of rotatable bonds is 3. The number of amides is 2. The Balaban J connectivity index is 1.49. The summed E-state index contributed by atoms with van der Waals surface area (Å²) >= 11 is 0. The van der Waals surface area contributed by atoms with Gasteiger partial charge in [0.15, 0.2) is 5.72 Å². The van der Waals surface area contributed by atoms with Gasteiger partial charge < -0.3 is 14.5 Å². The Bertz CT molecular complexity index is 793. The molecule has 28 heavy (non-hydrogen) atoms. The average molecular weight is 396 g/mol. The lowest BCUT2D eigenvalue weighted by Crippen LogP contribution is -2.51. The highest BCUT2D eigenvalue weighted by Crippen LogP contribution is 2.48. The summed E-state index contributed by atoms with van der Waals surface area (Å²) in [5.41, 5.74) is -0.950. The number of likely N-dealkylation sites (tertiary alicyclic amines) is 1. The second-order valence-corrected chi connectivity index (χ2v) is 8.16. The van der Waals surface area contributed by atoms with Gasteiger partial charge in [-0.3, -0.25) is 9.59 Å². The van der Waals surface area contributed by atoms with Gasteiger partial charge in [0.1, 0.15) is 0 Å². The first kappa shape index (κ1) is 19.2. The highest BCUT2D eigenvalue weighted by Gasteiger charge is 2.65. The van der Waals surface area contributed by atoms with Crippen molar-refractivity contribution >= 4 is 11.8 Å². The first-order valence-electron chi connectivity index (χ1n) is 9.55. The summed E-state index contributed by atoms with van der Waals surface area (Å²) < 4.78 is 44.2. The van der Waals surface area contributed by atoms with Crippen LogP contribution in [0.5, 0.6) is 0 Å². The van der Waals surface area contributed by atoms with E-state index < -0.39 is 17.5 Å². The number of carbonyl (C=O) groups excluding carboxylic acids is 2. The Morgan fingerprint density at radius 3 is 2.57 bits per heavy atom. The summed E-state index contributed by atoms with van der Waals surface area (Å²) in [4.78, 5) is 29.0. The topological polar surface area (TPSA) is 49.9 Å². The lowest BCUT2D eigenvalue weighted by molar-refractivity contribution is -0.141. The van der Waals surface area contributed by atoms with Crippen molar-refractivity contribution in [2.45, 2.75) is 57.1 Å². The molecule has 0 aliphatic carbocycles. The number of nitrogens with zero attached hydrogens (tertiary/aromatic N) is 2. The van der Waals surface area contributed by atoms with E-state index in [1.807, 2.05) is 4.90 Å². The van der Waals surface area contributed by atoms with Gasteiger partial charge >= 0.3 is 6.18 Å². The molecule has 5 nitrogen and oxygen atoms in total. The van der Waals surface area contributed by atoms with Gasteiger partial charge in [0.2, 0.25) is 11.8 Å². The van der Waals surface area contributed by atoms with Gasteiger partial charge in [-0.25, -0.2) is 0 Å². The molecule has 8 heteroatoms. The normalized spacial score (nSPS) is 29.6. The number of hydrogen-bond donors (Lipinski definition) is 0. The molecule has 3 aliphatic rings. The van der Waals surface area contributed by atoms with E-state index in [0.717, 1.165) is 12.1 Å². The minimum Gasteiger partial charge on any atom is -0.351 e. The van der Waals surface area contributed by atoms with E-state index in [1.165, 1.54) is 12.1 Å². The molecule has 0 radical (unpaired) electrons. The van der Waals surface area contributed by atoms with Crippen molar-refractivity contribution in [3.63, 3.8) is 0 Å². The summed E-state index contributed by atoms with van der Waals surface area (Å²) in [6.45, 7) is 5.06. The third kappa shape index (κ3) is 2.89. The highest BCUT2D eigenvalue weighted by molar-refractivity contribution is 5.85. The molecule has 0 aromatic heterocycles. The maximum Gasteiger partial charge on any atom is 0.416 e. The quantitative estimate of drug-likeness (QED) is 0.790. The van der Waals surface area contributed by atoms with Crippen molar-refractivity contribution in [3.05, 3.63) is 35.4 Å². The SMILES string of the molecule is CC(C)[C@@H]1CO[C@@]23CCN(C(=O)Cc4ccc(C(F)(F)F)cc4)[C@@H]2CC(=O)N13. The Labute approximate surface area is 161 Å². The Kier molecular flexibility index (Phi) is 4.45. The van der Waals surface area contributed by atoms with E-state index in [1.54, 1.807) is 4.90 Å². The minimum absolute atomic E-state index is 0.00647. The predicted molar refractivity (Wildman–Crippen MR) is 94.0 cm³/mol. The highest BCUT2D eigenvalue weighted by atomic mass is 19.4. The third-order valence-corrected chi connectivity index (χ3v) is 6.21. The van der Waals surface area contributed by atoms with E-state index in [-0.39, 0.29) is 42.7 Å². The Morgan fingerprint density at radius 2 is 1.96 bits per heavy atom. The minimum atomic E-state index is -4.40. The molecule has 0 saturated carbocycles. The molecular formula is C20H23F3N2O3. The van der Waals surface area contributed by atoms with Gasteiger partial charge in [0.05, 0.1) is 37.1 Å². The summed E-state index contributed by atoms with van der Waals surface area (Å²) in [7, 11) is 0. The van der Waals surface area contributed by atoms with Crippen LogP contribution >= 0.6 is 0 Å². The first-order valence-corrected chi connectivity index (χ1v) is 9.55. The molecule has 152 valence electrons. The standard InChI is InChI=1S/C20H23F3N2O3/c1-12(2)15-11-28-19-7-8-24(16(19)10-18(27)25(15)19)17(26)9-13-3-5-14(6-4-13)20(21,22)23/h3-6,12,15-16H,7-11H2,1-2H3/t15-,16+,19-/m0/s1. The third-order valence-electron chi connectivity index (χ3n) is 6.21. The van der Waals surface area contributed by atoms with Crippen LogP contribution in [0.1, 0.15) is 37.8 Å². The number of halogens is 3. The lowest BCUT2D eigenvalue weighted by Gasteiger charge is -2.34. The van der Waals surface area contributed by atoms with Crippen LogP contribution in [-0.2, 0) is 26.9 Å². The second-order valence-electron chi connectivity index (χ2n) is 8.16. The summed E-state index contributed by atoms with van der Waals surface area (Å²) in [5, 5.41) is 0. The smallest absolute Gasteiger partial charge is 0.351 e. The maximum absolute atomic E-state index is 12.9. The van der Waals surface area contributed by atoms with Gasteiger partial charge in [0, 0.05) is 13.0 Å². The average Bonchev–Trinajstić information content (AvgIpc) is 3.23. The molecule has 1 aromatic rings. The Morgan fingerprint density at radius 1 is 1.29 bits per heavy atom. The van der Waals surface area contributed by atoms with Crippen molar-refractivity contribution in [3.8, 4) is 0 Å². The van der Waals surface area contributed by atoms with Crippen LogP contribution in [0.15, 0.2) is 24.3 Å². The van der Waals surface area contributed by atoms with Crippen LogP contribution in [0.3, 0.4) is 0 Å². The second kappa shape index (κ2) is 6.47. The van der Waals surface area contributed by atoms with Crippen LogP contribution in [0, 0.1) is 5.92 Å². The van der Waals surface area contributed by atoms with E-state index in [2.05, 4.69) is 13.8 Å². The molecule has 3 atom stereocenters. The summed E-state index contributed by atoms with van der Waals surface area (Å²) in [5.74, 6) is 0.0834. The van der Waals surface area contributed by atoms with Crippen LogP contribution in [0.2, 0.25) is 0 Å². The molecule has 4 rings (SSSR count). The zero-order chi connectivity index (χ0) is 20.3. The molecule has 1 spiro atoms. The van der Waals surface area contributed by atoms with Crippen LogP contribution in [0.25, 0.3) is 0 Å². The molecule has 3 heterocycles. The Hall–Kier alpha value is -2.09. The fourth-order valence-electron chi connectivity index (χ4n) is 4.76. The molecule has 3 aliphatic heterocycles. The zero-order valence-corrected chi connectivity index (χ0v) is 15.8. The number of hydrogen-bond acceptors (Lipinski definition) is 3. The van der Waals surface area contributed by atoms with E-state index in [4.69, 9.17) is 4.74 Å². The van der Waals surface area contributed by atoms with E-state index >= 15 is 0 Å².